The van der Waals surface area contributed by atoms with E-state index in [1.807, 2.05) is 23.1 Å². The van der Waals surface area contributed by atoms with E-state index in [0.717, 1.165) is 11.4 Å². The third kappa shape index (κ3) is 4.16. The summed E-state index contributed by atoms with van der Waals surface area (Å²) in [5.74, 6) is 1.34. The van der Waals surface area contributed by atoms with Gasteiger partial charge in [0.25, 0.3) is 0 Å². The molecule has 1 saturated heterocycles. The summed E-state index contributed by atoms with van der Waals surface area (Å²) in [7, 11) is -3.38. The molecule has 2 aromatic heterocycles. The number of benzene rings is 1. The molecule has 0 amide bonds. The van der Waals surface area contributed by atoms with Crippen LogP contribution in [-0.2, 0) is 15.8 Å². The van der Waals surface area contributed by atoms with Gasteiger partial charge in [0.2, 0.25) is 10.0 Å². The van der Waals surface area contributed by atoms with Gasteiger partial charge in [-0.2, -0.15) is 9.40 Å². The maximum absolute atomic E-state index is 12.7. The van der Waals surface area contributed by atoms with E-state index in [0.29, 0.717) is 37.0 Å². The van der Waals surface area contributed by atoms with Crippen molar-refractivity contribution in [1.82, 2.24) is 24.3 Å². The highest BCUT2D eigenvalue weighted by Crippen LogP contribution is 2.18. The fourth-order valence-corrected chi connectivity index (χ4v) is 4.73. The highest BCUT2D eigenvalue weighted by molar-refractivity contribution is 7.88. The molecule has 1 aliphatic rings. The lowest BCUT2D eigenvalue weighted by Gasteiger charge is -2.34. The lowest BCUT2D eigenvalue weighted by molar-refractivity contribution is 0.383. The SMILES string of the molecule is O=S(=O)(Cc1ccc(Cl)cc1)N1CCN(c2ccc(-n3cccn3)nn2)CC1. The van der Waals surface area contributed by atoms with Gasteiger partial charge in [-0.15, -0.1) is 10.2 Å². The Hall–Kier alpha value is -2.49. The second-order valence-corrected chi connectivity index (χ2v) is 8.87. The van der Waals surface area contributed by atoms with Crippen LogP contribution in [0.1, 0.15) is 5.56 Å². The van der Waals surface area contributed by atoms with Crippen molar-refractivity contribution in [3.63, 3.8) is 0 Å². The van der Waals surface area contributed by atoms with Gasteiger partial charge in [0.1, 0.15) is 0 Å². The van der Waals surface area contributed by atoms with Crippen LogP contribution < -0.4 is 4.90 Å². The maximum Gasteiger partial charge on any atom is 0.218 e. The summed E-state index contributed by atoms with van der Waals surface area (Å²) in [5, 5.41) is 13.2. The molecule has 3 heterocycles. The summed E-state index contributed by atoms with van der Waals surface area (Å²) in [6.45, 7) is 1.96. The Balaban J connectivity index is 1.38. The van der Waals surface area contributed by atoms with Crippen LogP contribution in [0, 0.1) is 0 Å². The van der Waals surface area contributed by atoms with E-state index >= 15 is 0 Å². The number of rotatable bonds is 5. The first-order valence-electron chi connectivity index (χ1n) is 8.82. The van der Waals surface area contributed by atoms with Gasteiger partial charge < -0.3 is 4.90 Å². The van der Waals surface area contributed by atoms with E-state index in [2.05, 4.69) is 15.3 Å². The minimum absolute atomic E-state index is 0.0253. The number of piperazine rings is 1. The minimum atomic E-state index is -3.38. The van der Waals surface area contributed by atoms with E-state index < -0.39 is 10.0 Å². The van der Waals surface area contributed by atoms with Gasteiger partial charge in [-0.3, -0.25) is 0 Å². The van der Waals surface area contributed by atoms with Crippen molar-refractivity contribution < 1.29 is 8.42 Å². The molecule has 4 rings (SSSR count). The average molecular weight is 419 g/mol. The van der Waals surface area contributed by atoms with E-state index in [4.69, 9.17) is 11.6 Å². The monoisotopic (exact) mass is 418 g/mol. The fourth-order valence-electron chi connectivity index (χ4n) is 3.09. The molecule has 1 fully saturated rings. The predicted molar refractivity (Wildman–Crippen MR) is 107 cm³/mol. The third-order valence-corrected chi connectivity index (χ3v) is 6.70. The minimum Gasteiger partial charge on any atom is -0.352 e. The Kier molecular flexibility index (Phi) is 5.29. The van der Waals surface area contributed by atoms with Crippen molar-refractivity contribution in [2.45, 2.75) is 5.75 Å². The summed E-state index contributed by atoms with van der Waals surface area (Å²) < 4.78 is 28.6. The molecular formula is C18H19ClN6O2S. The van der Waals surface area contributed by atoms with Crippen molar-refractivity contribution >= 4 is 27.4 Å². The van der Waals surface area contributed by atoms with Crippen LogP contribution in [0.4, 0.5) is 5.82 Å². The van der Waals surface area contributed by atoms with Crippen molar-refractivity contribution in [2.75, 3.05) is 31.1 Å². The standard InChI is InChI=1S/C18H19ClN6O2S/c19-16-4-2-15(3-5-16)14-28(26,27)24-12-10-23(11-13-24)17-6-7-18(22-21-17)25-9-1-8-20-25/h1-9H,10-14H2. The zero-order chi connectivity index (χ0) is 19.6. The summed E-state index contributed by atoms with van der Waals surface area (Å²) in [6, 6.07) is 12.4. The molecule has 8 nitrogen and oxygen atoms in total. The summed E-state index contributed by atoms with van der Waals surface area (Å²) in [6.07, 6.45) is 3.48. The first-order chi connectivity index (χ1) is 13.5. The number of halogens is 1. The molecule has 0 atom stereocenters. The molecule has 0 radical (unpaired) electrons. The molecule has 0 bridgehead atoms. The molecule has 3 aromatic rings. The Morgan fingerprint density at radius 1 is 0.929 bits per heavy atom. The zero-order valence-corrected chi connectivity index (χ0v) is 16.6. The third-order valence-electron chi connectivity index (χ3n) is 4.59. The Morgan fingerprint density at radius 3 is 2.21 bits per heavy atom. The smallest absolute Gasteiger partial charge is 0.218 e. The summed E-state index contributed by atoms with van der Waals surface area (Å²) in [4.78, 5) is 2.04. The average Bonchev–Trinajstić information content (AvgIpc) is 3.25. The number of hydrogen-bond donors (Lipinski definition) is 0. The second-order valence-electron chi connectivity index (χ2n) is 6.47. The van der Waals surface area contributed by atoms with Gasteiger partial charge in [0.05, 0.1) is 5.75 Å². The molecule has 10 heteroatoms. The van der Waals surface area contributed by atoms with E-state index in [1.165, 1.54) is 4.31 Å². The summed E-state index contributed by atoms with van der Waals surface area (Å²) >= 11 is 5.86. The molecule has 0 aliphatic carbocycles. The van der Waals surface area contributed by atoms with Gasteiger partial charge in [-0.1, -0.05) is 23.7 Å². The molecular weight excluding hydrogens is 400 g/mol. The summed E-state index contributed by atoms with van der Waals surface area (Å²) in [5.41, 5.74) is 0.729. The number of hydrogen-bond acceptors (Lipinski definition) is 6. The number of nitrogens with zero attached hydrogens (tertiary/aromatic N) is 6. The van der Waals surface area contributed by atoms with Gasteiger partial charge in [-0.05, 0) is 35.9 Å². The highest BCUT2D eigenvalue weighted by Gasteiger charge is 2.27. The molecule has 0 spiro atoms. The number of aromatic nitrogens is 4. The number of sulfonamides is 1. The van der Waals surface area contributed by atoms with Crippen molar-refractivity contribution in [3.05, 3.63) is 65.4 Å². The quantitative estimate of drug-likeness (QED) is 0.629. The van der Waals surface area contributed by atoms with E-state index in [1.54, 1.807) is 41.3 Å². The van der Waals surface area contributed by atoms with E-state index in [-0.39, 0.29) is 5.75 Å². The lowest BCUT2D eigenvalue weighted by atomic mass is 10.2. The molecule has 0 unspecified atom stereocenters. The van der Waals surface area contributed by atoms with Gasteiger partial charge in [0, 0.05) is 43.6 Å². The topological polar surface area (TPSA) is 84.2 Å². The predicted octanol–water partition coefficient (Wildman–Crippen LogP) is 1.97. The first kappa shape index (κ1) is 18.9. The lowest BCUT2D eigenvalue weighted by Crippen LogP contribution is -2.49. The van der Waals surface area contributed by atoms with Gasteiger partial charge in [-0.25, -0.2) is 13.1 Å². The van der Waals surface area contributed by atoms with Crippen LogP contribution in [-0.4, -0.2) is 58.9 Å². The van der Waals surface area contributed by atoms with Crippen molar-refractivity contribution in [2.24, 2.45) is 0 Å². The Labute approximate surface area is 168 Å². The van der Waals surface area contributed by atoms with E-state index in [9.17, 15) is 8.42 Å². The van der Waals surface area contributed by atoms with Crippen LogP contribution in [0.25, 0.3) is 5.82 Å². The largest absolute Gasteiger partial charge is 0.352 e. The van der Waals surface area contributed by atoms with Gasteiger partial charge >= 0.3 is 0 Å². The molecule has 1 aromatic carbocycles. The fraction of sp³-hybridized carbons (Fsp3) is 0.278. The number of anilines is 1. The maximum atomic E-state index is 12.7. The highest BCUT2D eigenvalue weighted by atomic mass is 35.5. The van der Waals surface area contributed by atoms with Crippen LogP contribution >= 0.6 is 11.6 Å². The molecule has 146 valence electrons. The Morgan fingerprint density at radius 2 is 1.61 bits per heavy atom. The second kappa shape index (κ2) is 7.86. The normalized spacial score (nSPS) is 15.7. The molecule has 0 N–H and O–H groups in total. The van der Waals surface area contributed by atoms with Crippen LogP contribution in [0.2, 0.25) is 5.02 Å². The zero-order valence-electron chi connectivity index (χ0n) is 15.0. The molecule has 28 heavy (non-hydrogen) atoms. The van der Waals surface area contributed by atoms with Crippen LogP contribution in [0.15, 0.2) is 54.9 Å². The van der Waals surface area contributed by atoms with Crippen LogP contribution in [0.5, 0.6) is 0 Å². The Bertz CT molecular complexity index is 1010. The molecule has 0 saturated carbocycles. The van der Waals surface area contributed by atoms with Crippen molar-refractivity contribution in [1.29, 1.82) is 0 Å². The van der Waals surface area contributed by atoms with Gasteiger partial charge in [0.15, 0.2) is 11.6 Å². The van der Waals surface area contributed by atoms with Crippen LogP contribution in [0.3, 0.4) is 0 Å². The first-order valence-corrected chi connectivity index (χ1v) is 10.8. The molecule has 1 aliphatic heterocycles. The van der Waals surface area contributed by atoms with Crippen molar-refractivity contribution in [3.8, 4) is 5.82 Å².